The molecule has 1 aliphatic heterocycles. The number of anilines is 2. The molecule has 1 aliphatic rings. The van der Waals surface area contributed by atoms with Crippen molar-refractivity contribution in [3.8, 4) is 0 Å². The van der Waals surface area contributed by atoms with Crippen LogP contribution in [-0.4, -0.2) is 55.7 Å². The van der Waals surface area contributed by atoms with Crippen LogP contribution in [0.5, 0.6) is 0 Å². The van der Waals surface area contributed by atoms with Crippen LogP contribution in [0.25, 0.3) is 11.2 Å². The number of rotatable bonds is 2. The van der Waals surface area contributed by atoms with Crippen molar-refractivity contribution in [3.05, 3.63) is 30.9 Å². The molecule has 0 unspecified atom stereocenters. The maximum Gasteiger partial charge on any atom is 0.225 e. The highest BCUT2D eigenvalue weighted by Crippen LogP contribution is 2.23. The van der Waals surface area contributed by atoms with Crippen molar-refractivity contribution in [2.45, 2.75) is 0 Å². The van der Waals surface area contributed by atoms with Crippen molar-refractivity contribution in [2.24, 2.45) is 7.05 Å². The van der Waals surface area contributed by atoms with Crippen LogP contribution in [0.2, 0.25) is 0 Å². The van der Waals surface area contributed by atoms with E-state index in [2.05, 4.69) is 29.8 Å². The van der Waals surface area contributed by atoms with Gasteiger partial charge in [-0.3, -0.25) is 0 Å². The first-order valence-electron chi connectivity index (χ1n) is 7.32. The van der Waals surface area contributed by atoms with Crippen molar-refractivity contribution in [1.29, 1.82) is 0 Å². The minimum atomic E-state index is -0.424. The van der Waals surface area contributed by atoms with Crippen LogP contribution < -0.4 is 9.80 Å². The Bertz CT molecular complexity index is 822. The molecular formula is C14H15FN8. The number of imidazole rings is 1. The highest BCUT2D eigenvalue weighted by Gasteiger charge is 2.22. The maximum atomic E-state index is 12.9. The first-order chi connectivity index (χ1) is 11.2. The Hall–Kier alpha value is -2.84. The average molecular weight is 314 g/mol. The molecule has 8 nitrogen and oxygen atoms in total. The van der Waals surface area contributed by atoms with Crippen LogP contribution in [0.4, 0.5) is 16.2 Å². The van der Waals surface area contributed by atoms with E-state index in [1.165, 1.54) is 12.4 Å². The Balaban J connectivity index is 1.55. The number of nitrogens with zero attached hydrogens (tertiary/aromatic N) is 8. The molecule has 3 aromatic heterocycles. The van der Waals surface area contributed by atoms with Crippen LogP contribution in [0.15, 0.2) is 25.0 Å². The number of aryl methyl sites for hydroxylation is 1. The molecule has 0 atom stereocenters. The van der Waals surface area contributed by atoms with Crippen molar-refractivity contribution >= 4 is 22.9 Å². The summed E-state index contributed by atoms with van der Waals surface area (Å²) < 4.78 is 14.8. The van der Waals surface area contributed by atoms with Gasteiger partial charge in [-0.25, -0.2) is 29.3 Å². The zero-order valence-corrected chi connectivity index (χ0v) is 12.6. The molecule has 0 aliphatic carbocycles. The van der Waals surface area contributed by atoms with Crippen molar-refractivity contribution < 1.29 is 4.39 Å². The summed E-state index contributed by atoms with van der Waals surface area (Å²) in [6, 6.07) is 0. The lowest BCUT2D eigenvalue weighted by atomic mass is 10.3. The number of aromatic nitrogens is 6. The Morgan fingerprint density at radius 1 is 0.913 bits per heavy atom. The van der Waals surface area contributed by atoms with Gasteiger partial charge in [-0.2, -0.15) is 0 Å². The largest absolute Gasteiger partial charge is 0.351 e. The van der Waals surface area contributed by atoms with Gasteiger partial charge in [0.25, 0.3) is 0 Å². The summed E-state index contributed by atoms with van der Waals surface area (Å²) in [5.74, 6) is 1.01. The summed E-state index contributed by atoms with van der Waals surface area (Å²) in [5, 5.41) is 0. The molecule has 0 bridgehead atoms. The molecule has 0 saturated carbocycles. The summed E-state index contributed by atoms with van der Waals surface area (Å²) in [7, 11) is 1.94. The van der Waals surface area contributed by atoms with E-state index in [0.29, 0.717) is 11.6 Å². The highest BCUT2D eigenvalue weighted by atomic mass is 19.1. The van der Waals surface area contributed by atoms with E-state index in [0.717, 1.165) is 37.5 Å². The third kappa shape index (κ3) is 2.43. The molecule has 1 fully saturated rings. The molecule has 0 radical (unpaired) electrons. The Morgan fingerprint density at radius 3 is 2.35 bits per heavy atom. The number of halogens is 1. The van der Waals surface area contributed by atoms with Gasteiger partial charge in [-0.15, -0.1) is 0 Å². The predicted octanol–water partition coefficient (Wildman–Crippen LogP) is 0.619. The van der Waals surface area contributed by atoms with E-state index >= 15 is 0 Å². The molecule has 23 heavy (non-hydrogen) atoms. The SMILES string of the molecule is Cn1cnc2ncnc(N3CCN(c4ncc(F)cn4)CC3)c21. The number of hydrogen-bond donors (Lipinski definition) is 0. The third-order valence-electron chi connectivity index (χ3n) is 3.96. The second-order valence-electron chi connectivity index (χ2n) is 5.40. The molecule has 4 rings (SSSR count). The quantitative estimate of drug-likeness (QED) is 0.686. The maximum absolute atomic E-state index is 12.9. The van der Waals surface area contributed by atoms with Crippen LogP contribution in [0.1, 0.15) is 0 Å². The second kappa shape index (κ2) is 5.41. The van der Waals surface area contributed by atoms with E-state index in [1.54, 1.807) is 12.7 Å². The lowest BCUT2D eigenvalue weighted by molar-refractivity contribution is 0.601. The first-order valence-corrected chi connectivity index (χ1v) is 7.32. The second-order valence-corrected chi connectivity index (χ2v) is 5.40. The van der Waals surface area contributed by atoms with Gasteiger partial charge in [-0.05, 0) is 0 Å². The molecule has 1 saturated heterocycles. The van der Waals surface area contributed by atoms with Crippen LogP contribution >= 0.6 is 0 Å². The number of hydrogen-bond acceptors (Lipinski definition) is 7. The van der Waals surface area contributed by atoms with E-state index in [4.69, 9.17) is 0 Å². The Labute approximate surface area is 131 Å². The summed E-state index contributed by atoms with van der Waals surface area (Å²) >= 11 is 0. The number of piperazine rings is 1. The molecule has 118 valence electrons. The fourth-order valence-electron chi connectivity index (χ4n) is 2.79. The smallest absolute Gasteiger partial charge is 0.225 e. The van der Waals surface area contributed by atoms with Gasteiger partial charge >= 0.3 is 0 Å². The zero-order valence-electron chi connectivity index (χ0n) is 12.6. The van der Waals surface area contributed by atoms with E-state index in [9.17, 15) is 4.39 Å². The van der Waals surface area contributed by atoms with E-state index in [-0.39, 0.29) is 0 Å². The van der Waals surface area contributed by atoms with Crippen LogP contribution in [0.3, 0.4) is 0 Å². The summed E-state index contributed by atoms with van der Waals surface area (Å²) in [6.07, 6.45) is 5.67. The van der Waals surface area contributed by atoms with E-state index in [1.807, 2.05) is 16.5 Å². The van der Waals surface area contributed by atoms with Crippen molar-refractivity contribution in [2.75, 3.05) is 36.0 Å². The minimum Gasteiger partial charge on any atom is -0.351 e. The van der Waals surface area contributed by atoms with Gasteiger partial charge < -0.3 is 14.4 Å². The first kappa shape index (κ1) is 13.8. The normalized spacial score (nSPS) is 15.4. The molecule has 0 N–H and O–H groups in total. The fraction of sp³-hybridized carbons (Fsp3) is 0.357. The van der Waals surface area contributed by atoms with Gasteiger partial charge in [0.2, 0.25) is 5.95 Å². The molecule has 0 aromatic carbocycles. The highest BCUT2D eigenvalue weighted by molar-refractivity contribution is 5.83. The zero-order chi connectivity index (χ0) is 15.8. The Kier molecular flexibility index (Phi) is 3.25. The molecule has 3 aromatic rings. The summed E-state index contributed by atoms with van der Waals surface area (Å²) in [6.45, 7) is 3.04. The average Bonchev–Trinajstić information content (AvgIpc) is 2.97. The molecule has 0 amide bonds. The lowest BCUT2D eigenvalue weighted by Gasteiger charge is -2.35. The number of fused-ring (bicyclic) bond motifs is 1. The topological polar surface area (TPSA) is 75.9 Å². The van der Waals surface area contributed by atoms with Gasteiger partial charge in [0.15, 0.2) is 17.3 Å². The molecular weight excluding hydrogens is 299 g/mol. The third-order valence-corrected chi connectivity index (χ3v) is 3.96. The van der Waals surface area contributed by atoms with Gasteiger partial charge in [0.1, 0.15) is 11.8 Å². The van der Waals surface area contributed by atoms with Crippen molar-refractivity contribution in [3.63, 3.8) is 0 Å². The molecule has 0 spiro atoms. The minimum absolute atomic E-state index is 0.424. The predicted molar refractivity (Wildman–Crippen MR) is 82.7 cm³/mol. The fourth-order valence-corrected chi connectivity index (χ4v) is 2.79. The Morgan fingerprint density at radius 2 is 1.61 bits per heavy atom. The van der Waals surface area contributed by atoms with Crippen LogP contribution in [0, 0.1) is 5.82 Å². The van der Waals surface area contributed by atoms with Gasteiger partial charge in [0, 0.05) is 33.2 Å². The molecule has 9 heteroatoms. The summed E-state index contributed by atoms with van der Waals surface area (Å²) in [4.78, 5) is 25.2. The lowest BCUT2D eigenvalue weighted by Crippen LogP contribution is -2.47. The van der Waals surface area contributed by atoms with Crippen molar-refractivity contribution in [1.82, 2.24) is 29.5 Å². The molecule has 4 heterocycles. The van der Waals surface area contributed by atoms with Gasteiger partial charge in [0.05, 0.1) is 18.7 Å². The monoisotopic (exact) mass is 314 g/mol. The van der Waals surface area contributed by atoms with Crippen LogP contribution in [-0.2, 0) is 7.05 Å². The van der Waals surface area contributed by atoms with Gasteiger partial charge in [-0.1, -0.05) is 0 Å². The standard InChI is InChI=1S/C14H15FN8/c1-21-9-20-12-11(21)13(19-8-18-12)22-2-4-23(5-3-22)14-16-6-10(15)7-17-14/h6-9H,2-5H2,1H3. The summed E-state index contributed by atoms with van der Waals surface area (Å²) in [5.41, 5.74) is 1.63. The van der Waals surface area contributed by atoms with E-state index < -0.39 is 5.82 Å².